The van der Waals surface area contributed by atoms with Gasteiger partial charge in [-0.15, -0.1) is 5.10 Å². The number of fused-ring (bicyclic) bond motifs is 3. The number of hydrogen-bond donors (Lipinski definition) is 0. The number of halogens is 1. The van der Waals surface area contributed by atoms with Gasteiger partial charge in [0.05, 0.1) is 28.5 Å². The van der Waals surface area contributed by atoms with Gasteiger partial charge in [-0.25, -0.2) is 18.5 Å². The maximum atomic E-state index is 15.1. The van der Waals surface area contributed by atoms with Gasteiger partial charge in [0, 0.05) is 12.6 Å². The Morgan fingerprint density at radius 3 is 2.63 bits per heavy atom. The lowest BCUT2D eigenvalue weighted by molar-refractivity contribution is 0.0216. The van der Waals surface area contributed by atoms with E-state index in [9.17, 15) is 9.59 Å². The highest BCUT2D eigenvalue weighted by molar-refractivity contribution is 7.23. The van der Waals surface area contributed by atoms with Crippen LogP contribution in [0.5, 0.6) is 0 Å². The van der Waals surface area contributed by atoms with E-state index in [1.54, 1.807) is 39.7 Å². The summed E-state index contributed by atoms with van der Waals surface area (Å²) in [6.45, 7) is 5.76. The van der Waals surface area contributed by atoms with Crippen LogP contribution in [0.2, 0.25) is 0 Å². The fourth-order valence-corrected chi connectivity index (χ4v) is 4.83. The molecule has 0 aliphatic heterocycles. The molecule has 0 N–H and O–H groups in total. The molecule has 0 bridgehead atoms. The van der Waals surface area contributed by atoms with Crippen molar-refractivity contribution in [1.29, 1.82) is 0 Å². The fraction of sp³-hybridized carbons (Fsp3) is 0.360. The van der Waals surface area contributed by atoms with Gasteiger partial charge in [-0.05, 0) is 69.5 Å². The average Bonchev–Trinajstić information content (AvgIpc) is 3.46. The summed E-state index contributed by atoms with van der Waals surface area (Å²) in [6, 6.07) is 10.1. The maximum absolute atomic E-state index is 15.1. The van der Waals surface area contributed by atoms with Crippen molar-refractivity contribution in [3.05, 3.63) is 53.3 Å². The molecule has 0 saturated heterocycles. The van der Waals surface area contributed by atoms with Gasteiger partial charge in [-0.2, -0.15) is 4.98 Å². The predicted molar refractivity (Wildman–Crippen MR) is 130 cm³/mol. The molecule has 2 aromatic carbocycles. The molecule has 182 valence electrons. The van der Waals surface area contributed by atoms with E-state index in [1.165, 1.54) is 24.5 Å². The number of benzene rings is 2. The van der Waals surface area contributed by atoms with Crippen molar-refractivity contribution >= 4 is 38.6 Å². The van der Waals surface area contributed by atoms with Crippen LogP contribution in [0.3, 0.4) is 0 Å². The largest absolute Gasteiger partial charge is 0.465 e. The number of carbonyl (C=O) groups is 2. The average molecular weight is 497 g/mol. The molecule has 2 heterocycles. The molecular weight excluding hydrogens is 471 g/mol. The lowest BCUT2D eigenvalue weighted by Crippen LogP contribution is -2.37. The Morgan fingerprint density at radius 1 is 1.20 bits per heavy atom. The summed E-state index contributed by atoms with van der Waals surface area (Å²) in [7, 11) is 1.34. The summed E-state index contributed by atoms with van der Waals surface area (Å²) in [5, 5.41) is 4.50. The summed E-state index contributed by atoms with van der Waals surface area (Å²) in [5.41, 5.74) is 1.57. The predicted octanol–water partition coefficient (Wildman–Crippen LogP) is 5.44. The molecule has 0 radical (unpaired) electrons. The quantitative estimate of drug-likeness (QED) is 0.342. The Labute approximate surface area is 205 Å². The van der Waals surface area contributed by atoms with Gasteiger partial charge in [0.1, 0.15) is 11.4 Å². The molecule has 0 unspecified atom stereocenters. The fourth-order valence-electron chi connectivity index (χ4n) is 3.83. The third-order valence-corrected chi connectivity index (χ3v) is 6.62. The monoisotopic (exact) mass is 496 g/mol. The zero-order valence-corrected chi connectivity index (χ0v) is 20.7. The lowest BCUT2D eigenvalue weighted by Gasteiger charge is -2.27. The SMILES string of the molecule is COC(=O)c1ccc2c(c1)sc1nc(-c3ccc(CN(C(=O)OC(C)(C)C)C4CC4)cc3F)nn12. The van der Waals surface area contributed by atoms with Crippen LogP contribution in [0.1, 0.15) is 49.5 Å². The highest BCUT2D eigenvalue weighted by atomic mass is 32.1. The van der Waals surface area contributed by atoms with Gasteiger partial charge >= 0.3 is 12.1 Å². The minimum Gasteiger partial charge on any atom is -0.465 e. The molecule has 1 saturated carbocycles. The van der Waals surface area contributed by atoms with Crippen molar-refractivity contribution in [3.8, 4) is 11.4 Å². The molecule has 8 nitrogen and oxygen atoms in total. The van der Waals surface area contributed by atoms with Crippen molar-refractivity contribution in [2.75, 3.05) is 7.11 Å². The maximum Gasteiger partial charge on any atom is 0.410 e. The van der Waals surface area contributed by atoms with E-state index in [0.29, 0.717) is 16.1 Å². The number of esters is 1. The van der Waals surface area contributed by atoms with E-state index in [0.717, 1.165) is 23.1 Å². The first-order valence-electron chi connectivity index (χ1n) is 11.3. The second-order valence-electron chi connectivity index (χ2n) is 9.56. The Bertz CT molecular complexity index is 1450. The number of methoxy groups -OCH3 is 1. The van der Waals surface area contributed by atoms with E-state index in [1.807, 2.05) is 20.8 Å². The molecule has 5 rings (SSSR count). The van der Waals surface area contributed by atoms with Gasteiger partial charge in [-0.1, -0.05) is 17.4 Å². The molecule has 35 heavy (non-hydrogen) atoms. The van der Waals surface area contributed by atoms with E-state index in [2.05, 4.69) is 10.1 Å². The van der Waals surface area contributed by atoms with Crippen LogP contribution in [-0.2, 0) is 16.0 Å². The minimum absolute atomic E-state index is 0.127. The lowest BCUT2D eigenvalue weighted by atomic mass is 10.1. The Kier molecular flexibility index (Phi) is 5.71. The molecule has 0 atom stereocenters. The first-order valence-corrected chi connectivity index (χ1v) is 12.1. The molecular formula is C25H25FN4O4S. The Hall–Kier alpha value is -3.53. The third-order valence-electron chi connectivity index (χ3n) is 5.63. The van der Waals surface area contributed by atoms with Crippen LogP contribution in [0.15, 0.2) is 36.4 Å². The van der Waals surface area contributed by atoms with Crippen LogP contribution in [-0.4, -0.2) is 50.3 Å². The molecule has 1 amide bonds. The molecule has 1 aliphatic carbocycles. The van der Waals surface area contributed by atoms with Gasteiger partial charge < -0.3 is 14.4 Å². The highest BCUT2D eigenvalue weighted by Gasteiger charge is 2.35. The molecule has 1 fully saturated rings. The van der Waals surface area contributed by atoms with Crippen LogP contribution in [0, 0.1) is 5.82 Å². The van der Waals surface area contributed by atoms with Crippen LogP contribution < -0.4 is 0 Å². The van der Waals surface area contributed by atoms with E-state index in [4.69, 9.17) is 9.47 Å². The molecule has 4 aromatic rings. The minimum atomic E-state index is -0.593. The van der Waals surface area contributed by atoms with Crippen molar-refractivity contribution in [2.45, 2.75) is 51.8 Å². The van der Waals surface area contributed by atoms with Crippen molar-refractivity contribution in [3.63, 3.8) is 0 Å². The number of hydrogen-bond acceptors (Lipinski definition) is 7. The number of carbonyl (C=O) groups excluding carboxylic acids is 2. The van der Waals surface area contributed by atoms with Crippen molar-refractivity contribution < 1.29 is 23.5 Å². The summed E-state index contributed by atoms with van der Waals surface area (Å²) in [6.07, 6.45) is 1.46. The number of amides is 1. The first-order chi connectivity index (χ1) is 16.6. The van der Waals surface area contributed by atoms with Crippen molar-refractivity contribution in [2.24, 2.45) is 0 Å². The molecule has 1 aliphatic rings. The van der Waals surface area contributed by atoms with Crippen LogP contribution in [0.4, 0.5) is 9.18 Å². The second-order valence-corrected chi connectivity index (χ2v) is 10.6. The standard InChI is InChI=1S/C25H25FN4O4S/c1-25(2,3)34-24(32)29(16-7-8-16)13-14-5-9-17(18(26)11-14)21-27-23-30(28-21)19-10-6-15(22(31)33-4)12-20(19)35-23/h5-6,9-12,16H,7-8,13H2,1-4H3. The second kappa shape index (κ2) is 8.60. The molecule has 10 heteroatoms. The summed E-state index contributed by atoms with van der Waals surface area (Å²) < 4.78 is 27.9. The number of nitrogens with zero attached hydrogens (tertiary/aromatic N) is 4. The van der Waals surface area contributed by atoms with Gasteiger partial charge in [-0.3, -0.25) is 0 Å². The smallest absolute Gasteiger partial charge is 0.410 e. The zero-order valence-electron chi connectivity index (χ0n) is 19.9. The van der Waals surface area contributed by atoms with E-state index >= 15 is 4.39 Å². The van der Waals surface area contributed by atoms with Crippen molar-refractivity contribution in [1.82, 2.24) is 19.5 Å². The topological polar surface area (TPSA) is 86.0 Å². The summed E-state index contributed by atoms with van der Waals surface area (Å²) >= 11 is 1.36. The highest BCUT2D eigenvalue weighted by Crippen LogP contribution is 2.32. The third kappa shape index (κ3) is 4.70. The number of aromatic nitrogens is 3. The number of ether oxygens (including phenoxy) is 2. The Balaban J connectivity index is 1.40. The van der Waals surface area contributed by atoms with Crippen LogP contribution >= 0.6 is 11.3 Å². The van der Waals surface area contributed by atoms with Gasteiger partial charge in [0.15, 0.2) is 5.82 Å². The van der Waals surface area contributed by atoms with E-state index in [-0.39, 0.29) is 30.1 Å². The van der Waals surface area contributed by atoms with Crippen LogP contribution in [0.25, 0.3) is 26.6 Å². The normalized spacial score (nSPS) is 13.9. The Morgan fingerprint density at radius 2 is 1.97 bits per heavy atom. The van der Waals surface area contributed by atoms with E-state index < -0.39 is 17.4 Å². The summed E-state index contributed by atoms with van der Waals surface area (Å²) in [4.78, 5) is 31.2. The number of thiazole rings is 1. The summed E-state index contributed by atoms with van der Waals surface area (Å²) in [5.74, 6) is -0.607. The molecule has 0 spiro atoms. The first kappa shape index (κ1) is 23.2. The van der Waals surface area contributed by atoms with Gasteiger partial charge in [0.2, 0.25) is 4.96 Å². The number of rotatable bonds is 5. The zero-order chi connectivity index (χ0) is 24.9. The van der Waals surface area contributed by atoms with Gasteiger partial charge in [0.25, 0.3) is 0 Å². The molecule has 2 aromatic heterocycles.